The number of anilines is 1. The average Bonchev–Trinajstić information content (AvgIpc) is 2.70. The highest BCUT2D eigenvalue weighted by Gasteiger charge is 2.22. The first-order valence-corrected chi connectivity index (χ1v) is 9.02. The van der Waals surface area contributed by atoms with Gasteiger partial charge in [-0.25, -0.2) is 0 Å². The van der Waals surface area contributed by atoms with Gasteiger partial charge in [0.05, 0.1) is 32.9 Å². The molecule has 0 radical (unpaired) electrons. The zero-order valence-electron chi connectivity index (χ0n) is 15.7. The van der Waals surface area contributed by atoms with Crippen LogP contribution < -0.4 is 19.5 Å². The van der Waals surface area contributed by atoms with Crippen LogP contribution in [0.1, 0.15) is 11.1 Å². The summed E-state index contributed by atoms with van der Waals surface area (Å²) in [6.45, 7) is 1.43. The number of fused-ring (bicyclic) bond motifs is 1. The Morgan fingerprint density at radius 2 is 1.70 bits per heavy atom. The van der Waals surface area contributed by atoms with E-state index in [1.54, 1.807) is 33.5 Å². The van der Waals surface area contributed by atoms with E-state index >= 15 is 0 Å². The molecule has 0 bridgehead atoms. The van der Waals surface area contributed by atoms with Crippen LogP contribution in [0.4, 0.5) is 5.69 Å². The molecule has 1 N–H and O–H groups in total. The molecule has 0 saturated carbocycles. The molecule has 0 aromatic heterocycles. The van der Waals surface area contributed by atoms with Gasteiger partial charge in [0.2, 0.25) is 5.91 Å². The molecule has 2 aromatic carbocycles. The topological polar surface area (TPSA) is 60.0 Å². The summed E-state index contributed by atoms with van der Waals surface area (Å²) in [5, 5.41) is 3.63. The van der Waals surface area contributed by atoms with Crippen molar-refractivity contribution in [3.63, 3.8) is 0 Å². The molecular weight excluding hydrogens is 368 g/mol. The summed E-state index contributed by atoms with van der Waals surface area (Å²) in [6, 6.07) is 9.29. The summed E-state index contributed by atoms with van der Waals surface area (Å²) in [5.74, 6) is 2.03. The van der Waals surface area contributed by atoms with Crippen molar-refractivity contribution < 1.29 is 19.0 Å². The van der Waals surface area contributed by atoms with E-state index in [4.69, 9.17) is 25.8 Å². The minimum Gasteiger partial charge on any atom is -0.495 e. The zero-order valence-corrected chi connectivity index (χ0v) is 16.4. The standard InChI is InChI=1S/C20H23ClN2O4/c1-25-17-5-4-15(10-16(17)21)22-11-20(24)23-7-6-13-8-18(26-2)19(27-3)9-14(13)12-23/h4-5,8-10,22H,6-7,11-12H2,1-3H3. The molecule has 6 nitrogen and oxygen atoms in total. The van der Waals surface area contributed by atoms with Gasteiger partial charge < -0.3 is 24.4 Å². The molecule has 7 heteroatoms. The van der Waals surface area contributed by atoms with E-state index < -0.39 is 0 Å². The Hall–Kier alpha value is -2.60. The molecule has 0 spiro atoms. The quantitative estimate of drug-likeness (QED) is 0.819. The largest absolute Gasteiger partial charge is 0.495 e. The van der Waals surface area contributed by atoms with E-state index in [-0.39, 0.29) is 12.5 Å². The van der Waals surface area contributed by atoms with Gasteiger partial charge in [-0.2, -0.15) is 0 Å². The molecule has 144 valence electrons. The summed E-state index contributed by atoms with van der Waals surface area (Å²) in [6.07, 6.45) is 0.787. The molecule has 0 atom stereocenters. The Bertz CT molecular complexity index is 841. The van der Waals surface area contributed by atoms with Crippen molar-refractivity contribution in [3.05, 3.63) is 46.5 Å². The Kier molecular flexibility index (Phi) is 5.96. The Balaban J connectivity index is 1.64. The molecule has 0 saturated heterocycles. The molecule has 27 heavy (non-hydrogen) atoms. The third-order valence-corrected chi connectivity index (χ3v) is 4.96. The molecule has 1 heterocycles. The summed E-state index contributed by atoms with van der Waals surface area (Å²) in [5.41, 5.74) is 3.05. The minimum absolute atomic E-state index is 0.0300. The number of hydrogen-bond acceptors (Lipinski definition) is 5. The van der Waals surface area contributed by atoms with Crippen LogP contribution in [0, 0.1) is 0 Å². The number of methoxy groups -OCH3 is 3. The minimum atomic E-state index is 0.0300. The smallest absolute Gasteiger partial charge is 0.242 e. The van der Waals surface area contributed by atoms with Crippen LogP contribution in [0.2, 0.25) is 5.02 Å². The highest BCUT2D eigenvalue weighted by Crippen LogP contribution is 2.33. The van der Waals surface area contributed by atoms with Gasteiger partial charge >= 0.3 is 0 Å². The second kappa shape index (κ2) is 8.39. The second-order valence-electron chi connectivity index (χ2n) is 6.24. The van der Waals surface area contributed by atoms with Crippen molar-refractivity contribution in [1.29, 1.82) is 0 Å². The van der Waals surface area contributed by atoms with Crippen LogP contribution >= 0.6 is 11.6 Å². The van der Waals surface area contributed by atoms with Crippen LogP contribution in [0.15, 0.2) is 30.3 Å². The van der Waals surface area contributed by atoms with Gasteiger partial charge in [-0.15, -0.1) is 0 Å². The number of nitrogens with one attached hydrogen (secondary N) is 1. The Morgan fingerprint density at radius 1 is 1.04 bits per heavy atom. The molecule has 0 fully saturated rings. The number of ether oxygens (including phenoxy) is 3. The predicted molar refractivity (Wildman–Crippen MR) is 105 cm³/mol. The van der Waals surface area contributed by atoms with Gasteiger partial charge in [-0.1, -0.05) is 11.6 Å². The van der Waals surface area contributed by atoms with E-state index in [0.717, 1.165) is 17.7 Å². The number of amides is 1. The van der Waals surface area contributed by atoms with Gasteiger partial charge in [-0.05, 0) is 47.9 Å². The fourth-order valence-electron chi connectivity index (χ4n) is 3.16. The molecular formula is C20H23ClN2O4. The molecule has 1 amide bonds. The fraction of sp³-hybridized carbons (Fsp3) is 0.350. The first-order valence-electron chi connectivity index (χ1n) is 8.64. The predicted octanol–water partition coefficient (Wildman–Crippen LogP) is 3.36. The number of benzene rings is 2. The van der Waals surface area contributed by atoms with Crippen LogP contribution in [0.3, 0.4) is 0 Å². The maximum Gasteiger partial charge on any atom is 0.242 e. The van der Waals surface area contributed by atoms with Gasteiger partial charge in [-0.3, -0.25) is 4.79 Å². The highest BCUT2D eigenvalue weighted by atomic mass is 35.5. The maximum atomic E-state index is 12.6. The molecule has 1 aliphatic heterocycles. The second-order valence-corrected chi connectivity index (χ2v) is 6.65. The van der Waals surface area contributed by atoms with Crippen LogP contribution in [0.5, 0.6) is 17.2 Å². The van der Waals surface area contributed by atoms with Gasteiger partial charge in [0.15, 0.2) is 11.5 Å². The van der Waals surface area contributed by atoms with Crippen molar-refractivity contribution in [3.8, 4) is 17.2 Å². The molecule has 3 rings (SSSR count). The summed E-state index contributed by atoms with van der Waals surface area (Å²) in [7, 11) is 4.80. The van der Waals surface area contributed by atoms with E-state index in [1.165, 1.54) is 5.56 Å². The van der Waals surface area contributed by atoms with Crippen molar-refractivity contribution in [2.45, 2.75) is 13.0 Å². The molecule has 0 aliphatic carbocycles. The lowest BCUT2D eigenvalue weighted by Gasteiger charge is -2.30. The molecule has 1 aliphatic rings. The van der Waals surface area contributed by atoms with E-state index in [1.807, 2.05) is 23.1 Å². The van der Waals surface area contributed by atoms with E-state index in [0.29, 0.717) is 35.4 Å². The average molecular weight is 391 g/mol. The SMILES string of the molecule is COc1ccc(NCC(=O)N2CCc3cc(OC)c(OC)cc3C2)cc1Cl. The molecule has 0 unspecified atom stereocenters. The number of carbonyl (C=O) groups is 1. The number of nitrogens with zero attached hydrogens (tertiary/aromatic N) is 1. The Labute approximate surface area is 164 Å². The third-order valence-electron chi connectivity index (χ3n) is 4.67. The number of carbonyl (C=O) groups excluding carboxylic acids is 1. The normalized spacial score (nSPS) is 13.0. The fourth-order valence-corrected chi connectivity index (χ4v) is 3.42. The summed E-state index contributed by atoms with van der Waals surface area (Å²) in [4.78, 5) is 14.5. The summed E-state index contributed by atoms with van der Waals surface area (Å²) >= 11 is 6.12. The van der Waals surface area contributed by atoms with Gasteiger partial charge in [0, 0.05) is 18.8 Å². The zero-order chi connectivity index (χ0) is 19.4. The van der Waals surface area contributed by atoms with Crippen molar-refractivity contribution >= 4 is 23.2 Å². The third kappa shape index (κ3) is 4.22. The van der Waals surface area contributed by atoms with Crippen molar-refractivity contribution in [1.82, 2.24) is 4.90 Å². The number of hydrogen-bond donors (Lipinski definition) is 1. The highest BCUT2D eigenvalue weighted by molar-refractivity contribution is 6.32. The number of halogens is 1. The van der Waals surface area contributed by atoms with Crippen LogP contribution in [0.25, 0.3) is 0 Å². The monoisotopic (exact) mass is 390 g/mol. The van der Waals surface area contributed by atoms with Crippen LogP contribution in [-0.4, -0.2) is 45.2 Å². The van der Waals surface area contributed by atoms with Crippen LogP contribution in [-0.2, 0) is 17.8 Å². The Morgan fingerprint density at radius 3 is 2.33 bits per heavy atom. The van der Waals surface area contributed by atoms with Gasteiger partial charge in [0.1, 0.15) is 5.75 Å². The lowest BCUT2D eigenvalue weighted by atomic mass is 9.98. The lowest BCUT2D eigenvalue weighted by Crippen LogP contribution is -2.39. The maximum absolute atomic E-state index is 12.6. The van der Waals surface area contributed by atoms with Gasteiger partial charge in [0.25, 0.3) is 0 Å². The first kappa shape index (κ1) is 19.2. The first-order chi connectivity index (χ1) is 13.0. The lowest BCUT2D eigenvalue weighted by molar-refractivity contribution is -0.130. The van der Waals surface area contributed by atoms with Crippen molar-refractivity contribution in [2.24, 2.45) is 0 Å². The van der Waals surface area contributed by atoms with E-state index in [2.05, 4.69) is 5.32 Å². The van der Waals surface area contributed by atoms with Crippen molar-refractivity contribution in [2.75, 3.05) is 39.7 Å². The van der Waals surface area contributed by atoms with E-state index in [9.17, 15) is 4.79 Å². The number of rotatable bonds is 6. The summed E-state index contributed by atoms with van der Waals surface area (Å²) < 4.78 is 15.9. The molecule has 2 aromatic rings.